The second kappa shape index (κ2) is 5.73. The maximum absolute atomic E-state index is 12.9. The number of benzene rings is 2. The third-order valence-electron chi connectivity index (χ3n) is 4.29. The van der Waals surface area contributed by atoms with Crippen molar-refractivity contribution < 1.29 is 31.4 Å². The van der Waals surface area contributed by atoms with Gasteiger partial charge in [-0.2, -0.15) is 26.3 Å². The third kappa shape index (κ3) is 2.63. The zero-order valence-corrected chi connectivity index (χ0v) is 13.0. The van der Waals surface area contributed by atoms with E-state index in [2.05, 4.69) is 0 Å². The lowest BCUT2D eigenvalue weighted by molar-refractivity contribution is -0.376. The van der Waals surface area contributed by atoms with Crippen molar-refractivity contribution in [1.82, 2.24) is 0 Å². The van der Waals surface area contributed by atoms with Crippen molar-refractivity contribution in [2.45, 2.75) is 24.5 Å². The van der Waals surface area contributed by atoms with Crippen LogP contribution in [0.4, 0.5) is 32.0 Å². The Bertz CT molecular complexity index is 828. The van der Waals surface area contributed by atoms with Crippen molar-refractivity contribution in [2.24, 2.45) is 0 Å². The molecule has 0 aliphatic carbocycles. The summed E-state index contributed by atoms with van der Waals surface area (Å²) in [6.45, 7) is 0.275. The summed E-state index contributed by atoms with van der Waals surface area (Å²) >= 11 is 0. The number of alkyl halides is 6. The average molecular weight is 374 g/mol. The van der Waals surface area contributed by atoms with Gasteiger partial charge < -0.3 is 10.0 Å². The smallest absolute Gasteiger partial charge is 0.369 e. The van der Waals surface area contributed by atoms with Crippen LogP contribution in [0, 0.1) is 5.41 Å². The SMILES string of the molecule is N=C1c2ccccc2CN1c1ccc(C(O)(C(F)(F)F)C(F)(F)F)cc1. The lowest BCUT2D eigenvalue weighted by Gasteiger charge is -2.33. The van der Waals surface area contributed by atoms with Crippen LogP contribution in [0.1, 0.15) is 16.7 Å². The van der Waals surface area contributed by atoms with Gasteiger partial charge in [0.05, 0.1) is 6.54 Å². The first-order valence-electron chi connectivity index (χ1n) is 7.37. The Balaban J connectivity index is 1.96. The van der Waals surface area contributed by atoms with Crippen LogP contribution < -0.4 is 4.90 Å². The molecule has 0 aromatic heterocycles. The fraction of sp³-hybridized carbons (Fsp3) is 0.235. The van der Waals surface area contributed by atoms with Gasteiger partial charge in [0.15, 0.2) is 0 Å². The molecule has 1 aliphatic heterocycles. The van der Waals surface area contributed by atoms with E-state index >= 15 is 0 Å². The summed E-state index contributed by atoms with van der Waals surface area (Å²) in [7, 11) is 0. The number of halogens is 6. The molecule has 2 aromatic carbocycles. The molecule has 2 aromatic rings. The molecule has 0 radical (unpaired) electrons. The van der Waals surface area contributed by atoms with Gasteiger partial charge in [-0.3, -0.25) is 5.41 Å². The van der Waals surface area contributed by atoms with Gasteiger partial charge in [-0.15, -0.1) is 0 Å². The molecule has 0 bridgehead atoms. The van der Waals surface area contributed by atoms with Crippen LogP contribution in [0.5, 0.6) is 0 Å². The molecule has 9 heteroatoms. The van der Waals surface area contributed by atoms with E-state index in [1.807, 2.05) is 0 Å². The Hall–Kier alpha value is -2.55. The molecule has 1 heterocycles. The van der Waals surface area contributed by atoms with E-state index in [0.29, 0.717) is 17.7 Å². The maximum Gasteiger partial charge on any atom is 0.430 e. The van der Waals surface area contributed by atoms with Crippen LogP contribution in [0.3, 0.4) is 0 Å². The third-order valence-corrected chi connectivity index (χ3v) is 4.29. The molecular weight excluding hydrogens is 362 g/mol. The topological polar surface area (TPSA) is 47.3 Å². The minimum absolute atomic E-state index is 0.0928. The molecule has 0 amide bonds. The van der Waals surface area contributed by atoms with Crippen LogP contribution in [-0.4, -0.2) is 23.3 Å². The van der Waals surface area contributed by atoms with Crippen LogP contribution in [-0.2, 0) is 12.1 Å². The van der Waals surface area contributed by atoms with Gasteiger partial charge >= 0.3 is 12.4 Å². The number of anilines is 1. The summed E-state index contributed by atoms with van der Waals surface area (Å²) in [5, 5.41) is 17.5. The van der Waals surface area contributed by atoms with E-state index < -0.39 is 23.5 Å². The van der Waals surface area contributed by atoms with Crippen LogP contribution in [0.2, 0.25) is 0 Å². The molecule has 0 spiro atoms. The molecule has 0 unspecified atom stereocenters. The molecule has 3 rings (SSSR count). The Kier molecular flexibility index (Phi) is 4.02. The quantitative estimate of drug-likeness (QED) is 0.768. The fourth-order valence-electron chi connectivity index (χ4n) is 2.88. The predicted octanol–water partition coefficient (Wildman–Crippen LogP) is 4.34. The Morgan fingerprint density at radius 3 is 1.88 bits per heavy atom. The molecule has 1 aliphatic rings. The van der Waals surface area contributed by atoms with Gasteiger partial charge in [-0.25, -0.2) is 0 Å². The van der Waals surface area contributed by atoms with E-state index in [9.17, 15) is 31.4 Å². The summed E-state index contributed by atoms with van der Waals surface area (Å²) in [6.07, 6.45) is -11.9. The molecule has 0 saturated carbocycles. The van der Waals surface area contributed by atoms with E-state index in [1.54, 1.807) is 24.3 Å². The summed E-state index contributed by atoms with van der Waals surface area (Å²) in [6, 6.07) is 10.2. The number of amidine groups is 1. The molecule has 0 saturated heterocycles. The minimum Gasteiger partial charge on any atom is -0.369 e. The van der Waals surface area contributed by atoms with Crippen molar-refractivity contribution in [3.8, 4) is 0 Å². The lowest BCUT2D eigenvalue weighted by atomic mass is 9.92. The number of nitrogens with zero attached hydrogens (tertiary/aromatic N) is 1. The largest absolute Gasteiger partial charge is 0.430 e. The van der Waals surface area contributed by atoms with Crippen molar-refractivity contribution >= 4 is 11.5 Å². The summed E-state index contributed by atoms with van der Waals surface area (Å²) in [5.41, 5.74) is -4.58. The van der Waals surface area contributed by atoms with Gasteiger partial charge in [0, 0.05) is 16.8 Å². The molecule has 138 valence electrons. The summed E-state index contributed by atoms with van der Waals surface area (Å²) in [4.78, 5) is 1.45. The zero-order chi connectivity index (χ0) is 19.3. The summed E-state index contributed by atoms with van der Waals surface area (Å²) in [5.74, 6) is 0.0928. The highest BCUT2D eigenvalue weighted by atomic mass is 19.4. The number of hydrogen-bond acceptors (Lipinski definition) is 2. The van der Waals surface area contributed by atoms with Crippen molar-refractivity contribution in [2.75, 3.05) is 4.90 Å². The van der Waals surface area contributed by atoms with Gasteiger partial charge in [-0.1, -0.05) is 36.4 Å². The molecule has 0 atom stereocenters. The molecular formula is C17H12F6N2O. The number of fused-ring (bicyclic) bond motifs is 1. The standard InChI is InChI=1S/C17H12F6N2O/c18-16(19,20)15(26,17(21,22)23)11-5-7-12(8-6-11)25-9-10-3-1-2-4-13(10)14(25)24/h1-8,24,26H,9H2. The normalized spacial score (nSPS) is 15.3. The minimum atomic E-state index is -5.93. The number of nitrogens with one attached hydrogen (secondary N) is 1. The van der Waals surface area contributed by atoms with E-state index in [-0.39, 0.29) is 18.1 Å². The zero-order valence-electron chi connectivity index (χ0n) is 13.0. The van der Waals surface area contributed by atoms with E-state index in [1.165, 1.54) is 4.90 Å². The maximum atomic E-state index is 12.9. The van der Waals surface area contributed by atoms with E-state index in [4.69, 9.17) is 5.41 Å². The van der Waals surface area contributed by atoms with Gasteiger partial charge in [0.1, 0.15) is 5.84 Å². The van der Waals surface area contributed by atoms with Crippen molar-refractivity contribution in [3.05, 3.63) is 65.2 Å². The van der Waals surface area contributed by atoms with Gasteiger partial charge in [-0.05, 0) is 17.7 Å². The van der Waals surface area contributed by atoms with Crippen molar-refractivity contribution in [1.29, 1.82) is 5.41 Å². The molecule has 0 fully saturated rings. The average Bonchev–Trinajstić information content (AvgIpc) is 2.89. The Morgan fingerprint density at radius 2 is 1.38 bits per heavy atom. The number of aliphatic hydroxyl groups is 1. The number of rotatable bonds is 2. The Morgan fingerprint density at radius 1 is 0.846 bits per heavy atom. The van der Waals surface area contributed by atoms with E-state index in [0.717, 1.165) is 17.7 Å². The second-order valence-electron chi connectivity index (χ2n) is 5.84. The highest BCUT2D eigenvalue weighted by molar-refractivity contribution is 6.11. The highest BCUT2D eigenvalue weighted by Crippen LogP contribution is 2.50. The van der Waals surface area contributed by atoms with Crippen LogP contribution in [0.15, 0.2) is 48.5 Å². The molecule has 26 heavy (non-hydrogen) atoms. The van der Waals surface area contributed by atoms with Crippen molar-refractivity contribution in [3.63, 3.8) is 0 Å². The predicted molar refractivity (Wildman–Crippen MR) is 81.9 cm³/mol. The highest BCUT2D eigenvalue weighted by Gasteiger charge is 2.71. The summed E-state index contributed by atoms with van der Waals surface area (Å²) < 4.78 is 77.5. The first-order chi connectivity index (χ1) is 12.0. The van der Waals surface area contributed by atoms with Gasteiger partial charge in [0.25, 0.3) is 5.60 Å². The molecule has 3 nitrogen and oxygen atoms in total. The van der Waals surface area contributed by atoms with Gasteiger partial charge in [0.2, 0.25) is 0 Å². The molecule has 2 N–H and O–H groups in total. The van der Waals surface area contributed by atoms with Crippen LogP contribution >= 0.6 is 0 Å². The van der Waals surface area contributed by atoms with Crippen LogP contribution in [0.25, 0.3) is 0 Å². The fourth-order valence-corrected chi connectivity index (χ4v) is 2.88. The monoisotopic (exact) mass is 374 g/mol. The Labute approximate surface area is 144 Å². The first-order valence-corrected chi connectivity index (χ1v) is 7.37. The lowest BCUT2D eigenvalue weighted by Crippen LogP contribution is -2.53. The number of hydrogen-bond donors (Lipinski definition) is 2. The first kappa shape index (κ1) is 18.2. The second-order valence-corrected chi connectivity index (χ2v) is 5.84.